The van der Waals surface area contributed by atoms with Gasteiger partial charge in [0.1, 0.15) is 11.8 Å². The minimum atomic E-state index is -0.764. The third-order valence-electron chi connectivity index (χ3n) is 7.43. The van der Waals surface area contributed by atoms with Gasteiger partial charge in [-0.1, -0.05) is 35.9 Å². The summed E-state index contributed by atoms with van der Waals surface area (Å²) in [4.78, 5) is 37.2. The van der Waals surface area contributed by atoms with Crippen molar-refractivity contribution in [1.29, 1.82) is 0 Å². The summed E-state index contributed by atoms with van der Waals surface area (Å²) in [6.45, 7) is 5.46. The molecule has 10 nitrogen and oxygen atoms in total. The number of hydrogen-bond acceptors (Lipinski definition) is 8. The Hall–Kier alpha value is -3.73. The topological polar surface area (TPSA) is 126 Å². The molecular formula is C30H34ClN5O5. The third kappa shape index (κ3) is 6.45. The number of aliphatic hydroxyl groups excluding tert-OH is 1. The number of ether oxygens (including phenoxy) is 2. The number of aromatic nitrogens is 2. The van der Waals surface area contributed by atoms with Crippen LogP contribution >= 0.6 is 11.6 Å². The number of anilines is 1. The smallest absolute Gasteiger partial charge is 0.255 e. The first-order valence-electron chi connectivity index (χ1n) is 13.8. The number of carbonyl (C=O) groups excluding carboxylic acids is 2. The first-order valence-corrected chi connectivity index (χ1v) is 14.2. The molecule has 0 saturated carbocycles. The molecule has 0 bridgehead atoms. The van der Waals surface area contributed by atoms with Gasteiger partial charge in [-0.15, -0.1) is 0 Å². The average Bonchev–Trinajstić information content (AvgIpc) is 3.32. The van der Waals surface area contributed by atoms with Crippen molar-refractivity contribution in [2.45, 2.75) is 51.4 Å². The average molecular weight is 580 g/mol. The molecule has 5 rings (SSSR count). The van der Waals surface area contributed by atoms with Gasteiger partial charge >= 0.3 is 0 Å². The van der Waals surface area contributed by atoms with E-state index >= 15 is 0 Å². The Morgan fingerprint density at radius 1 is 1.24 bits per heavy atom. The van der Waals surface area contributed by atoms with Crippen molar-refractivity contribution in [2.24, 2.45) is 0 Å². The van der Waals surface area contributed by atoms with Crippen LogP contribution in [0.1, 0.15) is 54.2 Å². The Morgan fingerprint density at radius 3 is 2.80 bits per heavy atom. The first kappa shape index (κ1) is 28.8. The number of rotatable bonds is 10. The zero-order valence-corrected chi connectivity index (χ0v) is 23.9. The van der Waals surface area contributed by atoms with E-state index in [-0.39, 0.29) is 24.5 Å². The van der Waals surface area contributed by atoms with Crippen LogP contribution in [0.4, 0.5) is 5.95 Å². The molecule has 2 amide bonds. The monoisotopic (exact) mass is 579 g/mol. The summed E-state index contributed by atoms with van der Waals surface area (Å²) in [6, 6.07) is 11.6. The Labute approximate surface area is 244 Å². The van der Waals surface area contributed by atoms with Crippen LogP contribution in [-0.2, 0) is 16.1 Å². The van der Waals surface area contributed by atoms with E-state index in [0.29, 0.717) is 65.5 Å². The Morgan fingerprint density at radius 2 is 2.05 bits per heavy atom. The Bertz CT molecular complexity index is 1410. The second-order valence-electron chi connectivity index (χ2n) is 10.2. The minimum Gasteiger partial charge on any atom is -0.494 e. The molecule has 3 heterocycles. The summed E-state index contributed by atoms with van der Waals surface area (Å²) in [5.74, 6) is 0.506. The molecule has 0 radical (unpaired) electrons. The SMILES string of the molecule is CCOc1cccc(C(CO)NC(=O)C(C)N2Cc3ccc(-c4nc(NC5CCOCC5)ncc4Cl)cc3C2=O)c1. The lowest BCUT2D eigenvalue weighted by Crippen LogP contribution is -2.46. The Kier molecular flexibility index (Phi) is 9.02. The van der Waals surface area contributed by atoms with Gasteiger partial charge in [0.25, 0.3) is 5.91 Å². The highest BCUT2D eigenvalue weighted by Crippen LogP contribution is 2.32. The predicted molar refractivity (Wildman–Crippen MR) is 155 cm³/mol. The van der Waals surface area contributed by atoms with Gasteiger partial charge in [0.2, 0.25) is 11.9 Å². The molecule has 1 fully saturated rings. The highest BCUT2D eigenvalue weighted by Gasteiger charge is 2.35. The zero-order valence-electron chi connectivity index (χ0n) is 23.1. The zero-order chi connectivity index (χ0) is 28.9. The molecule has 0 spiro atoms. The standard InChI is InChI=1S/C30H34ClN5O5/c1-3-41-23-6-4-5-19(13-23)26(17-37)34-28(38)18(2)36-16-21-8-7-20(14-24(21)29(36)39)27-25(31)15-32-30(35-27)33-22-9-11-40-12-10-22/h4-8,13-15,18,22,26,37H,3,9-12,16-17H2,1-2H3,(H,34,38)(H,32,33,35). The largest absolute Gasteiger partial charge is 0.494 e. The molecule has 41 heavy (non-hydrogen) atoms. The van der Waals surface area contributed by atoms with Crippen LogP contribution in [0.25, 0.3) is 11.3 Å². The molecule has 1 saturated heterocycles. The van der Waals surface area contributed by atoms with Crippen molar-refractivity contribution in [1.82, 2.24) is 20.2 Å². The number of amides is 2. The molecule has 3 N–H and O–H groups in total. The predicted octanol–water partition coefficient (Wildman–Crippen LogP) is 3.98. The highest BCUT2D eigenvalue weighted by molar-refractivity contribution is 6.33. The summed E-state index contributed by atoms with van der Waals surface area (Å²) in [6.07, 6.45) is 3.30. The summed E-state index contributed by atoms with van der Waals surface area (Å²) in [5.41, 5.74) is 3.24. The quantitative estimate of drug-likeness (QED) is 0.329. The van der Waals surface area contributed by atoms with Crippen molar-refractivity contribution in [2.75, 3.05) is 31.7 Å². The van der Waals surface area contributed by atoms with Crippen molar-refractivity contribution in [3.63, 3.8) is 0 Å². The minimum absolute atomic E-state index is 0.222. The van der Waals surface area contributed by atoms with Gasteiger partial charge in [0, 0.05) is 36.9 Å². The van der Waals surface area contributed by atoms with Crippen molar-refractivity contribution < 1.29 is 24.2 Å². The summed E-state index contributed by atoms with van der Waals surface area (Å²) in [5, 5.41) is 16.6. The molecule has 2 unspecified atom stereocenters. The lowest BCUT2D eigenvalue weighted by molar-refractivity contribution is -0.126. The van der Waals surface area contributed by atoms with E-state index in [1.165, 1.54) is 4.90 Å². The fourth-order valence-corrected chi connectivity index (χ4v) is 5.30. The van der Waals surface area contributed by atoms with Gasteiger partial charge in [-0.2, -0.15) is 0 Å². The summed E-state index contributed by atoms with van der Waals surface area (Å²) < 4.78 is 11.0. The van der Waals surface area contributed by atoms with Crippen LogP contribution < -0.4 is 15.4 Å². The maximum absolute atomic E-state index is 13.5. The van der Waals surface area contributed by atoms with Gasteiger partial charge in [-0.3, -0.25) is 9.59 Å². The molecule has 2 aromatic carbocycles. The molecule has 3 aromatic rings. The number of halogens is 1. The number of nitrogens with zero attached hydrogens (tertiary/aromatic N) is 3. The van der Waals surface area contributed by atoms with Crippen LogP contribution in [-0.4, -0.2) is 70.3 Å². The second kappa shape index (κ2) is 12.8. The van der Waals surface area contributed by atoms with Crippen molar-refractivity contribution in [3.05, 3.63) is 70.4 Å². The van der Waals surface area contributed by atoms with E-state index in [2.05, 4.69) is 20.6 Å². The van der Waals surface area contributed by atoms with Crippen LogP contribution in [0.5, 0.6) is 5.75 Å². The molecule has 1 aromatic heterocycles. The fourth-order valence-electron chi connectivity index (χ4n) is 5.10. The van der Waals surface area contributed by atoms with E-state index in [9.17, 15) is 14.7 Å². The van der Waals surface area contributed by atoms with E-state index < -0.39 is 12.1 Å². The van der Waals surface area contributed by atoms with Gasteiger partial charge in [0.15, 0.2) is 0 Å². The Balaban J connectivity index is 1.29. The lowest BCUT2D eigenvalue weighted by atomic mass is 10.0. The molecular weight excluding hydrogens is 546 g/mol. The summed E-state index contributed by atoms with van der Waals surface area (Å²) in [7, 11) is 0. The maximum Gasteiger partial charge on any atom is 0.255 e. The van der Waals surface area contributed by atoms with Crippen molar-refractivity contribution in [3.8, 4) is 17.0 Å². The second-order valence-corrected chi connectivity index (χ2v) is 10.6. The normalized spacial score (nSPS) is 16.7. The van der Waals surface area contributed by atoms with Gasteiger partial charge in [0.05, 0.1) is 36.2 Å². The molecule has 216 valence electrons. The van der Waals surface area contributed by atoms with Gasteiger partial charge < -0.3 is 30.1 Å². The van der Waals surface area contributed by atoms with E-state index in [1.807, 2.05) is 37.3 Å². The molecule has 0 aliphatic carbocycles. The van der Waals surface area contributed by atoms with Crippen LogP contribution in [0.3, 0.4) is 0 Å². The molecule has 11 heteroatoms. The molecule has 2 aliphatic heterocycles. The van der Waals surface area contributed by atoms with E-state index in [0.717, 1.165) is 18.4 Å². The maximum atomic E-state index is 13.5. The van der Waals surface area contributed by atoms with Gasteiger partial charge in [-0.05, 0) is 56.0 Å². The highest BCUT2D eigenvalue weighted by atomic mass is 35.5. The first-order chi connectivity index (χ1) is 19.9. The number of benzene rings is 2. The number of fused-ring (bicyclic) bond motifs is 1. The van der Waals surface area contributed by atoms with E-state index in [1.54, 1.807) is 25.3 Å². The van der Waals surface area contributed by atoms with Gasteiger partial charge in [-0.25, -0.2) is 9.97 Å². The van der Waals surface area contributed by atoms with Crippen LogP contribution in [0.2, 0.25) is 5.02 Å². The van der Waals surface area contributed by atoms with Crippen LogP contribution in [0, 0.1) is 0 Å². The van der Waals surface area contributed by atoms with E-state index in [4.69, 9.17) is 21.1 Å². The van der Waals surface area contributed by atoms with Crippen LogP contribution in [0.15, 0.2) is 48.7 Å². The number of hydrogen-bond donors (Lipinski definition) is 3. The summed E-state index contributed by atoms with van der Waals surface area (Å²) >= 11 is 6.47. The molecule has 2 aliphatic rings. The number of nitrogens with one attached hydrogen (secondary N) is 2. The third-order valence-corrected chi connectivity index (χ3v) is 7.71. The van der Waals surface area contributed by atoms with Crippen molar-refractivity contribution >= 4 is 29.4 Å². The fraction of sp³-hybridized carbons (Fsp3) is 0.400. The number of aliphatic hydroxyl groups is 1. The lowest BCUT2D eigenvalue weighted by Gasteiger charge is -2.26. The molecule has 2 atom stereocenters. The number of carbonyl (C=O) groups is 2.